The zero-order valence-electron chi connectivity index (χ0n) is 15.4. The molecule has 1 saturated carbocycles. The van der Waals surface area contributed by atoms with Gasteiger partial charge in [-0.15, -0.1) is 0 Å². The van der Waals surface area contributed by atoms with Gasteiger partial charge in [0.25, 0.3) is 11.8 Å². The van der Waals surface area contributed by atoms with Crippen molar-refractivity contribution in [2.75, 3.05) is 5.32 Å². The molecule has 1 fully saturated rings. The number of aryl methyl sites for hydroxylation is 1. The normalized spacial score (nSPS) is 14.1. The number of carbonyl (C=O) groups excluding carboxylic acids is 3. The molecule has 0 radical (unpaired) electrons. The van der Waals surface area contributed by atoms with Crippen LogP contribution in [0.25, 0.3) is 0 Å². The lowest BCUT2D eigenvalue weighted by Crippen LogP contribution is -2.41. The monoisotopic (exact) mass is 365 g/mol. The van der Waals surface area contributed by atoms with E-state index in [1.54, 1.807) is 49.4 Å². The Hall–Kier alpha value is -3.15. The fraction of sp³-hybridized carbons (Fsp3) is 0.286. The van der Waals surface area contributed by atoms with Crippen molar-refractivity contribution in [2.45, 2.75) is 38.8 Å². The number of rotatable bonds is 6. The summed E-state index contributed by atoms with van der Waals surface area (Å²) in [6.45, 7) is 3.52. The van der Waals surface area contributed by atoms with Crippen LogP contribution < -0.4 is 16.0 Å². The molecule has 0 aliphatic heterocycles. The van der Waals surface area contributed by atoms with E-state index in [2.05, 4.69) is 16.0 Å². The largest absolute Gasteiger partial charge is 0.349 e. The van der Waals surface area contributed by atoms with Gasteiger partial charge in [0, 0.05) is 22.9 Å². The predicted molar refractivity (Wildman–Crippen MR) is 104 cm³/mol. The quantitative estimate of drug-likeness (QED) is 0.735. The second kappa shape index (κ2) is 8.03. The van der Waals surface area contributed by atoms with Crippen LogP contribution in [0.15, 0.2) is 48.5 Å². The molecular weight excluding hydrogens is 342 g/mol. The number of nitrogens with one attached hydrogen (secondary N) is 3. The summed E-state index contributed by atoms with van der Waals surface area (Å²) < 4.78 is 0. The third-order valence-electron chi connectivity index (χ3n) is 4.33. The maximum atomic E-state index is 12.4. The minimum atomic E-state index is -0.720. The molecule has 0 bridgehead atoms. The van der Waals surface area contributed by atoms with Crippen LogP contribution in [0.4, 0.5) is 5.69 Å². The van der Waals surface area contributed by atoms with E-state index >= 15 is 0 Å². The minimum absolute atomic E-state index is 0.144. The molecule has 0 saturated heterocycles. The Morgan fingerprint density at radius 3 is 2.30 bits per heavy atom. The Kier molecular flexibility index (Phi) is 5.54. The molecule has 0 heterocycles. The minimum Gasteiger partial charge on any atom is -0.349 e. The Morgan fingerprint density at radius 2 is 1.63 bits per heavy atom. The van der Waals surface area contributed by atoms with Crippen LogP contribution >= 0.6 is 0 Å². The molecule has 0 spiro atoms. The molecule has 2 aromatic rings. The van der Waals surface area contributed by atoms with Crippen molar-refractivity contribution in [2.24, 2.45) is 0 Å². The van der Waals surface area contributed by atoms with E-state index in [-0.39, 0.29) is 23.8 Å². The van der Waals surface area contributed by atoms with Gasteiger partial charge in [-0.3, -0.25) is 14.4 Å². The standard InChI is InChI=1S/C21H23N3O3/c1-13-5-3-6-15(11-13)20(26)22-14(2)19(25)24-18-8-4-7-16(12-18)21(27)23-17-9-10-17/h3-8,11-12,14,17H,9-10H2,1-2H3,(H,22,26)(H,23,27)(H,24,25). The molecule has 6 nitrogen and oxygen atoms in total. The fourth-order valence-electron chi connectivity index (χ4n) is 2.62. The summed E-state index contributed by atoms with van der Waals surface area (Å²) in [6, 6.07) is 13.5. The van der Waals surface area contributed by atoms with Crippen LogP contribution in [0.3, 0.4) is 0 Å². The molecule has 1 atom stereocenters. The molecule has 1 unspecified atom stereocenters. The fourth-order valence-corrected chi connectivity index (χ4v) is 2.62. The van der Waals surface area contributed by atoms with Crippen LogP contribution in [0.1, 0.15) is 46.0 Å². The van der Waals surface area contributed by atoms with Crippen molar-refractivity contribution < 1.29 is 14.4 Å². The third kappa shape index (κ3) is 5.17. The number of hydrogen-bond donors (Lipinski definition) is 3. The van der Waals surface area contributed by atoms with E-state index in [9.17, 15) is 14.4 Å². The molecule has 3 amide bonds. The lowest BCUT2D eigenvalue weighted by atomic mass is 10.1. The Labute approximate surface area is 158 Å². The molecule has 1 aliphatic carbocycles. The number of carbonyl (C=O) groups is 3. The van der Waals surface area contributed by atoms with Gasteiger partial charge in [0.05, 0.1) is 0 Å². The van der Waals surface area contributed by atoms with Crippen LogP contribution in [-0.2, 0) is 4.79 Å². The van der Waals surface area contributed by atoms with E-state index in [0.29, 0.717) is 16.8 Å². The van der Waals surface area contributed by atoms with Crippen LogP contribution in [-0.4, -0.2) is 29.8 Å². The highest BCUT2D eigenvalue weighted by Gasteiger charge is 2.24. The van der Waals surface area contributed by atoms with E-state index in [1.165, 1.54) is 0 Å². The highest BCUT2D eigenvalue weighted by atomic mass is 16.2. The topological polar surface area (TPSA) is 87.3 Å². The van der Waals surface area contributed by atoms with Crippen molar-refractivity contribution in [3.05, 3.63) is 65.2 Å². The molecule has 3 N–H and O–H groups in total. The molecule has 0 aromatic heterocycles. The summed E-state index contributed by atoms with van der Waals surface area (Å²) in [4.78, 5) is 36.8. The van der Waals surface area contributed by atoms with Crippen molar-refractivity contribution in [3.63, 3.8) is 0 Å². The van der Waals surface area contributed by atoms with Crippen molar-refractivity contribution in [3.8, 4) is 0 Å². The van der Waals surface area contributed by atoms with Crippen molar-refractivity contribution >= 4 is 23.4 Å². The first kappa shape index (κ1) is 18.6. The number of benzene rings is 2. The van der Waals surface area contributed by atoms with Crippen LogP contribution in [0.5, 0.6) is 0 Å². The molecule has 27 heavy (non-hydrogen) atoms. The Morgan fingerprint density at radius 1 is 0.963 bits per heavy atom. The lowest BCUT2D eigenvalue weighted by Gasteiger charge is -2.15. The van der Waals surface area contributed by atoms with Crippen molar-refractivity contribution in [1.29, 1.82) is 0 Å². The predicted octanol–water partition coefficient (Wildman–Crippen LogP) is 2.64. The zero-order chi connectivity index (χ0) is 19.4. The number of anilines is 1. The first-order chi connectivity index (χ1) is 12.9. The molecule has 2 aromatic carbocycles. The number of hydrogen-bond acceptors (Lipinski definition) is 3. The van der Waals surface area contributed by atoms with Crippen LogP contribution in [0.2, 0.25) is 0 Å². The summed E-state index contributed by atoms with van der Waals surface area (Å²) in [7, 11) is 0. The second-order valence-electron chi connectivity index (χ2n) is 6.88. The summed E-state index contributed by atoms with van der Waals surface area (Å²) in [6.07, 6.45) is 2.03. The second-order valence-corrected chi connectivity index (χ2v) is 6.88. The smallest absolute Gasteiger partial charge is 0.251 e. The van der Waals surface area contributed by atoms with Gasteiger partial charge < -0.3 is 16.0 Å². The first-order valence-corrected chi connectivity index (χ1v) is 9.01. The molecule has 3 rings (SSSR count). The van der Waals surface area contributed by atoms with Gasteiger partial charge in [0.1, 0.15) is 6.04 Å². The molecule has 6 heteroatoms. The third-order valence-corrected chi connectivity index (χ3v) is 4.33. The first-order valence-electron chi connectivity index (χ1n) is 9.01. The average molecular weight is 365 g/mol. The SMILES string of the molecule is Cc1cccc(C(=O)NC(C)C(=O)Nc2cccc(C(=O)NC3CC3)c2)c1. The number of amides is 3. The summed E-state index contributed by atoms with van der Waals surface area (Å²) >= 11 is 0. The Bertz CT molecular complexity index is 874. The lowest BCUT2D eigenvalue weighted by molar-refractivity contribution is -0.117. The molecule has 1 aliphatic rings. The summed E-state index contributed by atoms with van der Waals surface area (Å²) in [5, 5.41) is 8.34. The summed E-state index contributed by atoms with van der Waals surface area (Å²) in [5.41, 5.74) is 2.49. The van der Waals surface area contributed by atoms with E-state index in [4.69, 9.17) is 0 Å². The van der Waals surface area contributed by atoms with Gasteiger partial charge in [-0.1, -0.05) is 23.8 Å². The van der Waals surface area contributed by atoms with Gasteiger partial charge in [-0.05, 0) is 57.0 Å². The van der Waals surface area contributed by atoms with Gasteiger partial charge in [0.2, 0.25) is 5.91 Å². The Balaban J connectivity index is 1.59. The highest BCUT2D eigenvalue weighted by Crippen LogP contribution is 2.20. The van der Waals surface area contributed by atoms with E-state index < -0.39 is 6.04 Å². The van der Waals surface area contributed by atoms with Gasteiger partial charge in [0.15, 0.2) is 0 Å². The summed E-state index contributed by atoms with van der Waals surface area (Å²) in [5.74, 6) is -0.802. The van der Waals surface area contributed by atoms with E-state index in [0.717, 1.165) is 18.4 Å². The van der Waals surface area contributed by atoms with Crippen LogP contribution in [0, 0.1) is 6.92 Å². The maximum Gasteiger partial charge on any atom is 0.251 e. The zero-order valence-corrected chi connectivity index (χ0v) is 15.4. The van der Waals surface area contributed by atoms with Gasteiger partial charge >= 0.3 is 0 Å². The maximum absolute atomic E-state index is 12.4. The van der Waals surface area contributed by atoms with Gasteiger partial charge in [-0.2, -0.15) is 0 Å². The van der Waals surface area contributed by atoms with Crippen molar-refractivity contribution in [1.82, 2.24) is 10.6 Å². The van der Waals surface area contributed by atoms with Gasteiger partial charge in [-0.25, -0.2) is 0 Å². The molecular formula is C21H23N3O3. The highest BCUT2D eigenvalue weighted by molar-refractivity contribution is 6.02. The molecule has 140 valence electrons. The average Bonchev–Trinajstić information content (AvgIpc) is 3.45. The van der Waals surface area contributed by atoms with E-state index in [1.807, 2.05) is 13.0 Å².